The molecule has 0 spiro atoms. The van der Waals surface area contributed by atoms with E-state index in [1.165, 1.54) is 0 Å². The van der Waals surface area contributed by atoms with Crippen molar-refractivity contribution in [3.8, 4) is 0 Å². The fraction of sp³-hybridized carbons (Fsp3) is 1.00. The summed E-state index contributed by atoms with van der Waals surface area (Å²) >= 11 is -0.623. The lowest BCUT2D eigenvalue weighted by molar-refractivity contribution is 0.592. The minimum atomic E-state index is -0.623. The Labute approximate surface area is 52.6 Å². The van der Waals surface area contributed by atoms with Gasteiger partial charge in [0.1, 0.15) is 11.0 Å². The Morgan fingerprint density at radius 2 is 2.38 bits per heavy atom. The van der Waals surface area contributed by atoms with Crippen molar-refractivity contribution in [3.05, 3.63) is 0 Å². The van der Waals surface area contributed by atoms with E-state index in [0.29, 0.717) is 11.0 Å². The molecule has 1 rings (SSSR count). The average molecular weight is 133 g/mol. The van der Waals surface area contributed by atoms with Crippen molar-refractivity contribution in [1.82, 2.24) is 0 Å². The van der Waals surface area contributed by atoms with Crippen molar-refractivity contribution in [2.24, 2.45) is 5.73 Å². The first-order chi connectivity index (χ1) is 3.70. The van der Waals surface area contributed by atoms with Gasteiger partial charge in [0.05, 0.1) is 6.04 Å². The standard InChI is InChI=1S/C5H11NOS/c1-4-2-5(6)3-8(4)7/h4-5H,2-3,6H2,1H3. The monoisotopic (exact) mass is 133 g/mol. The summed E-state index contributed by atoms with van der Waals surface area (Å²) in [6.45, 7) is 1.99. The minimum absolute atomic E-state index is 0.200. The minimum Gasteiger partial charge on any atom is -0.616 e. The van der Waals surface area contributed by atoms with Crippen molar-refractivity contribution in [2.75, 3.05) is 5.75 Å². The van der Waals surface area contributed by atoms with Crippen LogP contribution in [0, 0.1) is 0 Å². The number of hydrogen-bond donors (Lipinski definition) is 1. The average Bonchev–Trinajstić information content (AvgIpc) is 1.85. The Bertz CT molecular complexity index is 78.5. The number of nitrogens with two attached hydrogens (primary N) is 1. The van der Waals surface area contributed by atoms with Crippen LogP contribution >= 0.6 is 0 Å². The van der Waals surface area contributed by atoms with Crippen molar-refractivity contribution < 1.29 is 4.55 Å². The molecule has 0 radical (unpaired) electrons. The fourth-order valence-corrected chi connectivity index (χ4v) is 2.33. The highest BCUT2D eigenvalue weighted by molar-refractivity contribution is 7.92. The summed E-state index contributed by atoms with van der Waals surface area (Å²) < 4.78 is 10.8. The predicted molar refractivity (Wildman–Crippen MR) is 35.1 cm³/mol. The second-order valence-electron chi connectivity index (χ2n) is 2.35. The lowest BCUT2D eigenvalue weighted by Crippen LogP contribution is -2.20. The molecule has 2 nitrogen and oxygen atoms in total. The Kier molecular flexibility index (Phi) is 1.80. The summed E-state index contributed by atoms with van der Waals surface area (Å²) in [6, 6.07) is 0.200. The maximum atomic E-state index is 10.8. The molecule has 1 aliphatic heterocycles. The maximum Gasteiger partial charge on any atom is 0.121 e. The topological polar surface area (TPSA) is 49.1 Å². The third-order valence-electron chi connectivity index (χ3n) is 1.46. The highest BCUT2D eigenvalue weighted by atomic mass is 32.2. The molecule has 1 fully saturated rings. The molecule has 1 aliphatic rings. The summed E-state index contributed by atoms with van der Waals surface area (Å²) in [4.78, 5) is 0. The second-order valence-corrected chi connectivity index (χ2v) is 4.25. The van der Waals surface area contributed by atoms with Gasteiger partial charge >= 0.3 is 0 Å². The Morgan fingerprint density at radius 1 is 1.75 bits per heavy atom. The van der Waals surface area contributed by atoms with E-state index in [4.69, 9.17) is 5.73 Å². The molecule has 0 aromatic carbocycles. The zero-order valence-corrected chi connectivity index (χ0v) is 5.78. The van der Waals surface area contributed by atoms with E-state index in [1.807, 2.05) is 6.92 Å². The Balaban J connectivity index is 2.39. The van der Waals surface area contributed by atoms with E-state index in [9.17, 15) is 4.55 Å². The quantitative estimate of drug-likeness (QED) is 0.467. The molecule has 2 N–H and O–H groups in total. The van der Waals surface area contributed by atoms with Gasteiger partial charge in [0, 0.05) is 6.42 Å². The van der Waals surface area contributed by atoms with E-state index < -0.39 is 11.2 Å². The highest BCUT2D eigenvalue weighted by Crippen LogP contribution is 2.17. The first-order valence-corrected chi connectivity index (χ1v) is 4.21. The Morgan fingerprint density at radius 3 is 2.50 bits per heavy atom. The van der Waals surface area contributed by atoms with Gasteiger partial charge in [-0.25, -0.2) is 0 Å². The number of hydrogen-bond acceptors (Lipinski definition) is 2. The summed E-state index contributed by atoms with van der Waals surface area (Å²) in [7, 11) is 0. The number of rotatable bonds is 0. The lowest BCUT2D eigenvalue weighted by Gasteiger charge is -2.05. The van der Waals surface area contributed by atoms with Gasteiger partial charge in [-0.15, -0.1) is 0 Å². The van der Waals surface area contributed by atoms with Crippen LogP contribution in [-0.2, 0) is 11.2 Å². The van der Waals surface area contributed by atoms with Gasteiger partial charge < -0.3 is 10.3 Å². The second kappa shape index (κ2) is 2.25. The largest absolute Gasteiger partial charge is 0.616 e. The molecular weight excluding hydrogens is 122 g/mol. The van der Waals surface area contributed by atoms with Crippen LogP contribution in [-0.4, -0.2) is 21.6 Å². The van der Waals surface area contributed by atoms with Gasteiger partial charge in [0.25, 0.3) is 0 Å². The first-order valence-electron chi connectivity index (χ1n) is 2.83. The van der Waals surface area contributed by atoms with Gasteiger partial charge in [0.2, 0.25) is 0 Å². The van der Waals surface area contributed by atoms with Crippen LogP contribution in [0.2, 0.25) is 0 Å². The van der Waals surface area contributed by atoms with Crippen LogP contribution < -0.4 is 5.73 Å². The molecule has 1 heterocycles. The summed E-state index contributed by atoms with van der Waals surface area (Å²) in [5.74, 6) is 0.709. The molecule has 0 aliphatic carbocycles. The van der Waals surface area contributed by atoms with Crippen LogP contribution in [0.3, 0.4) is 0 Å². The smallest absolute Gasteiger partial charge is 0.121 e. The van der Waals surface area contributed by atoms with Crippen molar-refractivity contribution in [2.45, 2.75) is 24.6 Å². The molecule has 1 saturated heterocycles. The zero-order chi connectivity index (χ0) is 6.15. The van der Waals surface area contributed by atoms with Crippen molar-refractivity contribution >= 4 is 11.2 Å². The van der Waals surface area contributed by atoms with E-state index in [-0.39, 0.29) is 6.04 Å². The van der Waals surface area contributed by atoms with Gasteiger partial charge in [-0.1, -0.05) is 0 Å². The van der Waals surface area contributed by atoms with E-state index in [1.54, 1.807) is 0 Å². The summed E-state index contributed by atoms with van der Waals surface area (Å²) in [6.07, 6.45) is 0.937. The van der Waals surface area contributed by atoms with E-state index in [0.717, 1.165) is 6.42 Å². The van der Waals surface area contributed by atoms with Crippen LogP contribution in [0.25, 0.3) is 0 Å². The SMILES string of the molecule is CC1CC(N)C[S+]1[O-]. The zero-order valence-electron chi connectivity index (χ0n) is 4.96. The molecule has 0 aromatic heterocycles. The molecule has 48 valence electrons. The first kappa shape index (κ1) is 6.39. The van der Waals surface area contributed by atoms with Crippen molar-refractivity contribution in [1.29, 1.82) is 0 Å². The van der Waals surface area contributed by atoms with Crippen LogP contribution in [0.15, 0.2) is 0 Å². The molecular formula is C5H11NOS. The van der Waals surface area contributed by atoms with Gasteiger partial charge in [-0.3, -0.25) is 0 Å². The molecule has 0 aromatic rings. The van der Waals surface area contributed by atoms with Crippen LogP contribution in [0.1, 0.15) is 13.3 Å². The predicted octanol–water partition coefficient (Wildman–Crippen LogP) is -0.145. The van der Waals surface area contributed by atoms with Gasteiger partial charge in [-0.2, -0.15) is 0 Å². The van der Waals surface area contributed by atoms with Crippen molar-refractivity contribution in [3.63, 3.8) is 0 Å². The third-order valence-corrected chi connectivity index (χ3v) is 3.31. The molecule has 3 unspecified atom stereocenters. The molecule has 3 heteroatoms. The van der Waals surface area contributed by atoms with Crippen LogP contribution in [0.4, 0.5) is 0 Å². The highest BCUT2D eigenvalue weighted by Gasteiger charge is 2.30. The molecule has 0 saturated carbocycles. The summed E-state index contributed by atoms with van der Waals surface area (Å²) in [5.41, 5.74) is 5.52. The lowest BCUT2D eigenvalue weighted by atomic mass is 10.2. The molecule has 0 amide bonds. The van der Waals surface area contributed by atoms with E-state index >= 15 is 0 Å². The molecule has 0 bridgehead atoms. The normalized spacial score (nSPS) is 47.6. The van der Waals surface area contributed by atoms with Crippen LogP contribution in [0.5, 0.6) is 0 Å². The van der Waals surface area contributed by atoms with Gasteiger partial charge in [0.15, 0.2) is 0 Å². The van der Waals surface area contributed by atoms with E-state index in [2.05, 4.69) is 0 Å². The van der Waals surface area contributed by atoms with Gasteiger partial charge in [-0.05, 0) is 18.1 Å². The third kappa shape index (κ3) is 1.16. The fourth-order valence-electron chi connectivity index (χ4n) is 0.977. The summed E-state index contributed by atoms with van der Waals surface area (Å²) in [5, 5.41) is 0.338. The molecule has 3 atom stereocenters. The Hall–Kier alpha value is 0.270. The maximum absolute atomic E-state index is 10.8. The molecule has 8 heavy (non-hydrogen) atoms.